The molecule has 28 heavy (non-hydrogen) atoms. The lowest BCUT2D eigenvalue weighted by Gasteiger charge is -2.30. The first kappa shape index (κ1) is 18.8. The number of carboxylic acids is 1. The second-order valence-electron chi connectivity index (χ2n) is 7.69. The molecular weight excluding hydrogens is 350 g/mol. The topological polar surface area (TPSA) is 49.8 Å². The van der Waals surface area contributed by atoms with Crippen molar-refractivity contribution in [3.05, 3.63) is 77.0 Å². The summed E-state index contributed by atoms with van der Waals surface area (Å²) in [4.78, 5) is 13.4. The Bertz CT molecular complexity index is 824. The number of rotatable bonds is 5. The second kappa shape index (κ2) is 8.61. The minimum absolute atomic E-state index is 0.243. The summed E-state index contributed by atoms with van der Waals surface area (Å²) < 4.78 is 5.99. The first-order chi connectivity index (χ1) is 13.7. The van der Waals surface area contributed by atoms with Crippen LogP contribution in [0.2, 0.25) is 0 Å². The molecule has 1 fully saturated rings. The predicted octanol–water partition coefficient (Wildman–Crippen LogP) is 3.99. The van der Waals surface area contributed by atoms with Gasteiger partial charge in [0.15, 0.2) is 0 Å². The molecule has 2 aromatic carbocycles. The molecule has 1 saturated heterocycles. The van der Waals surface area contributed by atoms with E-state index in [0.29, 0.717) is 13.2 Å². The Kier molecular flexibility index (Phi) is 5.77. The minimum Gasteiger partial charge on any atom is -0.499 e. The van der Waals surface area contributed by atoms with Gasteiger partial charge in [0, 0.05) is 18.7 Å². The van der Waals surface area contributed by atoms with Gasteiger partial charge in [-0.15, -0.1) is 0 Å². The van der Waals surface area contributed by atoms with E-state index in [1.807, 2.05) is 6.26 Å². The van der Waals surface area contributed by atoms with Crippen LogP contribution in [-0.4, -0.2) is 42.2 Å². The van der Waals surface area contributed by atoms with Gasteiger partial charge in [-0.1, -0.05) is 48.5 Å². The van der Waals surface area contributed by atoms with Crippen molar-refractivity contribution in [1.29, 1.82) is 0 Å². The smallest absolute Gasteiger partial charge is 0.307 e. The van der Waals surface area contributed by atoms with E-state index in [1.165, 1.54) is 22.3 Å². The SMILES string of the molecule is O=C(O)[C@@H]1CCCN(CCOC=C2c3ccccc3CCc3ccccc32)C1. The number of aryl methyl sites for hydroxylation is 2. The van der Waals surface area contributed by atoms with Gasteiger partial charge in [0.25, 0.3) is 0 Å². The number of likely N-dealkylation sites (tertiary alicyclic amines) is 1. The lowest BCUT2D eigenvalue weighted by molar-refractivity contribution is -0.143. The number of piperidine rings is 1. The van der Waals surface area contributed by atoms with E-state index < -0.39 is 5.97 Å². The second-order valence-corrected chi connectivity index (χ2v) is 7.69. The zero-order valence-electron chi connectivity index (χ0n) is 16.1. The summed E-state index contributed by atoms with van der Waals surface area (Å²) in [6.45, 7) is 2.91. The third-order valence-electron chi connectivity index (χ3n) is 5.86. The highest BCUT2D eigenvalue weighted by atomic mass is 16.5. The molecule has 0 spiro atoms. The first-order valence-electron chi connectivity index (χ1n) is 10.2. The van der Waals surface area contributed by atoms with Gasteiger partial charge in [0.05, 0.1) is 12.2 Å². The van der Waals surface area contributed by atoms with Gasteiger partial charge in [0.1, 0.15) is 6.61 Å². The van der Waals surface area contributed by atoms with Crippen LogP contribution >= 0.6 is 0 Å². The molecule has 0 bridgehead atoms. The number of carbonyl (C=O) groups is 1. The van der Waals surface area contributed by atoms with Gasteiger partial charge in [-0.3, -0.25) is 9.69 Å². The fourth-order valence-corrected chi connectivity index (χ4v) is 4.33. The Morgan fingerprint density at radius 2 is 1.71 bits per heavy atom. The van der Waals surface area contributed by atoms with Crippen LogP contribution < -0.4 is 0 Å². The largest absolute Gasteiger partial charge is 0.499 e. The maximum absolute atomic E-state index is 11.2. The Hall–Kier alpha value is -2.59. The van der Waals surface area contributed by atoms with Crippen molar-refractivity contribution in [2.24, 2.45) is 5.92 Å². The molecule has 146 valence electrons. The molecular formula is C24H27NO3. The number of carboxylic acid groups (broad SMARTS) is 1. The standard InChI is InChI=1S/C24H27NO3/c26-24(27)20-8-5-13-25(16-20)14-15-28-17-23-21-9-3-1-6-18(21)11-12-19-7-2-4-10-22(19)23/h1-4,6-7,9-10,17,20H,5,8,11-16H2,(H,26,27)/t20-/m1/s1. The van der Waals surface area contributed by atoms with Crippen molar-refractivity contribution in [1.82, 2.24) is 4.90 Å². The highest BCUT2D eigenvalue weighted by Crippen LogP contribution is 2.33. The van der Waals surface area contributed by atoms with Crippen LogP contribution in [0, 0.1) is 5.92 Å². The van der Waals surface area contributed by atoms with E-state index in [2.05, 4.69) is 53.4 Å². The number of aliphatic carboxylic acids is 1. The van der Waals surface area contributed by atoms with Gasteiger partial charge in [0.2, 0.25) is 0 Å². The Morgan fingerprint density at radius 1 is 1.07 bits per heavy atom. The zero-order valence-corrected chi connectivity index (χ0v) is 16.1. The zero-order chi connectivity index (χ0) is 19.3. The van der Waals surface area contributed by atoms with Gasteiger partial charge < -0.3 is 9.84 Å². The molecule has 2 aliphatic rings. The first-order valence-corrected chi connectivity index (χ1v) is 10.2. The van der Waals surface area contributed by atoms with Crippen molar-refractivity contribution in [3.63, 3.8) is 0 Å². The number of nitrogens with zero attached hydrogens (tertiary/aromatic N) is 1. The van der Waals surface area contributed by atoms with E-state index in [1.54, 1.807) is 0 Å². The third kappa shape index (κ3) is 4.12. The number of ether oxygens (including phenoxy) is 1. The van der Waals surface area contributed by atoms with Gasteiger partial charge in [-0.05, 0) is 54.5 Å². The molecule has 0 saturated carbocycles. The highest BCUT2D eigenvalue weighted by Gasteiger charge is 2.25. The lowest BCUT2D eigenvalue weighted by atomic mass is 9.95. The molecule has 1 aliphatic carbocycles. The van der Waals surface area contributed by atoms with Crippen LogP contribution in [0.3, 0.4) is 0 Å². The van der Waals surface area contributed by atoms with Crippen LogP contribution in [0.4, 0.5) is 0 Å². The van der Waals surface area contributed by atoms with E-state index >= 15 is 0 Å². The summed E-state index contributed by atoms with van der Waals surface area (Å²) in [6, 6.07) is 17.1. The van der Waals surface area contributed by atoms with Crippen molar-refractivity contribution in [3.8, 4) is 0 Å². The maximum atomic E-state index is 11.2. The Balaban J connectivity index is 1.47. The average Bonchev–Trinajstić information content (AvgIpc) is 2.88. The molecule has 4 rings (SSSR count). The Morgan fingerprint density at radius 3 is 2.36 bits per heavy atom. The van der Waals surface area contributed by atoms with Crippen LogP contribution in [0.5, 0.6) is 0 Å². The summed E-state index contributed by atoms with van der Waals surface area (Å²) in [6.07, 6.45) is 5.70. The molecule has 0 radical (unpaired) electrons. The molecule has 4 heteroatoms. The van der Waals surface area contributed by atoms with E-state index in [0.717, 1.165) is 44.3 Å². The van der Waals surface area contributed by atoms with Crippen molar-refractivity contribution < 1.29 is 14.6 Å². The summed E-state index contributed by atoms with van der Waals surface area (Å²) in [5, 5.41) is 9.24. The normalized spacial score (nSPS) is 19.3. The summed E-state index contributed by atoms with van der Waals surface area (Å²) >= 11 is 0. The number of hydrogen-bond acceptors (Lipinski definition) is 3. The van der Waals surface area contributed by atoms with Gasteiger partial charge in [-0.25, -0.2) is 0 Å². The monoisotopic (exact) mass is 377 g/mol. The number of fused-ring (bicyclic) bond motifs is 2. The van der Waals surface area contributed by atoms with Crippen LogP contribution in [0.25, 0.3) is 5.57 Å². The predicted molar refractivity (Wildman–Crippen MR) is 110 cm³/mol. The summed E-state index contributed by atoms with van der Waals surface area (Å²) in [5.41, 5.74) is 6.35. The van der Waals surface area contributed by atoms with Crippen LogP contribution in [-0.2, 0) is 22.4 Å². The molecule has 1 N–H and O–H groups in total. The fourth-order valence-electron chi connectivity index (χ4n) is 4.33. The highest BCUT2D eigenvalue weighted by molar-refractivity contribution is 5.83. The van der Waals surface area contributed by atoms with Crippen molar-refractivity contribution in [2.45, 2.75) is 25.7 Å². The van der Waals surface area contributed by atoms with Crippen molar-refractivity contribution >= 4 is 11.5 Å². The third-order valence-corrected chi connectivity index (χ3v) is 5.86. The van der Waals surface area contributed by atoms with Crippen LogP contribution in [0.1, 0.15) is 35.1 Å². The van der Waals surface area contributed by atoms with Gasteiger partial charge >= 0.3 is 5.97 Å². The number of benzene rings is 2. The van der Waals surface area contributed by atoms with E-state index in [9.17, 15) is 9.90 Å². The molecule has 1 atom stereocenters. The van der Waals surface area contributed by atoms with Gasteiger partial charge in [-0.2, -0.15) is 0 Å². The van der Waals surface area contributed by atoms with E-state index in [-0.39, 0.29) is 5.92 Å². The molecule has 2 aromatic rings. The van der Waals surface area contributed by atoms with Crippen LogP contribution in [0.15, 0.2) is 54.8 Å². The molecule has 4 nitrogen and oxygen atoms in total. The quantitative estimate of drug-likeness (QED) is 0.632. The molecule has 0 unspecified atom stereocenters. The number of hydrogen-bond donors (Lipinski definition) is 1. The maximum Gasteiger partial charge on any atom is 0.307 e. The average molecular weight is 377 g/mol. The summed E-state index contributed by atoms with van der Waals surface area (Å²) in [5.74, 6) is -0.924. The minimum atomic E-state index is -0.681. The lowest BCUT2D eigenvalue weighted by Crippen LogP contribution is -2.40. The Labute approximate surface area is 166 Å². The molecule has 0 amide bonds. The summed E-state index contributed by atoms with van der Waals surface area (Å²) in [7, 11) is 0. The molecule has 1 heterocycles. The molecule has 0 aromatic heterocycles. The van der Waals surface area contributed by atoms with E-state index in [4.69, 9.17) is 4.74 Å². The fraction of sp³-hybridized carbons (Fsp3) is 0.375. The van der Waals surface area contributed by atoms with Crippen molar-refractivity contribution in [2.75, 3.05) is 26.2 Å². The molecule has 1 aliphatic heterocycles.